The van der Waals surface area contributed by atoms with E-state index in [9.17, 15) is 0 Å². The zero-order chi connectivity index (χ0) is 33.9. The van der Waals surface area contributed by atoms with Crippen molar-refractivity contribution in [3.63, 3.8) is 0 Å². The van der Waals surface area contributed by atoms with Gasteiger partial charge >= 0.3 is 0 Å². The van der Waals surface area contributed by atoms with E-state index in [1.807, 2.05) is 0 Å². The Bertz CT molecular complexity index is 3230. The number of hydrogen-bond acceptors (Lipinski definition) is 1. The highest BCUT2D eigenvalue weighted by Gasteiger charge is 2.63. The van der Waals surface area contributed by atoms with Gasteiger partial charge in [-0.2, -0.15) is 9.13 Å². The first-order valence-corrected chi connectivity index (χ1v) is 18.6. The number of fused-ring (bicyclic) bond motifs is 16. The summed E-state index contributed by atoms with van der Waals surface area (Å²) < 4.78 is 14.3. The lowest BCUT2D eigenvalue weighted by atomic mass is 9.62. The minimum atomic E-state index is -0.0884. The maximum Gasteiger partial charge on any atom is 0.218 e. The summed E-state index contributed by atoms with van der Waals surface area (Å²) in [5, 5.41) is 7.42. The van der Waals surface area contributed by atoms with Crippen molar-refractivity contribution in [2.75, 3.05) is 0 Å². The topological polar surface area (TPSA) is 25.3 Å². The van der Waals surface area contributed by atoms with Crippen LogP contribution in [0.15, 0.2) is 145 Å². The summed E-state index contributed by atoms with van der Waals surface area (Å²) in [6.07, 6.45) is 6.23. The molecule has 1 spiro atoms. The molecule has 0 amide bonds. The molecule has 4 nitrogen and oxygen atoms in total. The van der Waals surface area contributed by atoms with E-state index in [1.54, 1.807) is 0 Å². The molecule has 0 N–H and O–H groups in total. The van der Waals surface area contributed by atoms with Gasteiger partial charge in [0, 0.05) is 56.8 Å². The molecule has 5 aromatic carbocycles. The summed E-state index contributed by atoms with van der Waals surface area (Å²) in [5.74, 6) is 0.317. The predicted octanol–water partition coefficient (Wildman–Crippen LogP) is 10.5. The Morgan fingerprint density at radius 2 is 1.50 bits per heavy atom. The van der Waals surface area contributed by atoms with E-state index in [0.29, 0.717) is 5.92 Å². The number of furan rings is 1. The maximum atomic E-state index is 6.69. The van der Waals surface area contributed by atoms with Gasteiger partial charge in [0.15, 0.2) is 23.1 Å². The molecular formula is C48H33N3O+2. The fourth-order valence-corrected chi connectivity index (χ4v) is 11.0. The third-order valence-corrected chi connectivity index (χ3v) is 13.0. The van der Waals surface area contributed by atoms with E-state index in [0.717, 1.165) is 42.5 Å². The Hall–Kier alpha value is -6.26. The summed E-state index contributed by atoms with van der Waals surface area (Å²) >= 11 is 0. The number of para-hydroxylation sites is 2. The second-order valence-electron chi connectivity index (χ2n) is 15.4. The van der Waals surface area contributed by atoms with E-state index in [1.165, 1.54) is 88.2 Å². The van der Waals surface area contributed by atoms with Crippen LogP contribution in [0.5, 0.6) is 0 Å². The average Bonchev–Trinajstić information content (AvgIpc) is 3.82. The van der Waals surface area contributed by atoms with Crippen LogP contribution in [-0.2, 0) is 18.4 Å². The Morgan fingerprint density at radius 3 is 2.46 bits per heavy atom. The van der Waals surface area contributed by atoms with Gasteiger partial charge < -0.3 is 8.82 Å². The third kappa shape index (κ3) is 3.17. The van der Waals surface area contributed by atoms with Crippen LogP contribution in [0.3, 0.4) is 0 Å². The minimum Gasteiger partial charge on any atom is -0.455 e. The van der Waals surface area contributed by atoms with Gasteiger partial charge in [-0.1, -0.05) is 54.6 Å². The molecule has 0 saturated heterocycles. The van der Waals surface area contributed by atoms with Crippen LogP contribution < -0.4 is 9.13 Å². The second-order valence-corrected chi connectivity index (χ2v) is 15.4. The van der Waals surface area contributed by atoms with Crippen LogP contribution in [0, 0.1) is 0 Å². The van der Waals surface area contributed by atoms with Crippen molar-refractivity contribution >= 4 is 65.7 Å². The van der Waals surface area contributed by atoms with Crippen molar-refractivity contribution < 1.29 is 13.6 Å². The van der Waals surface area contributed by atoms with Crippen LogP contribution in [0.25, 0.3) is 88.2 Å². The number of nitrogens with zero attached hydrogens (tertiary/aromatic N) is 3. The second kappa shape index (κ2) is 9.34. The number of allylic oxidation sites excluding steroid dienone is 1. The zero-order valence-electron chi connectivity index (χ0n) is 28.6. The van der Waals surface area contributed by atoms with Crippen LogP contribution in [0.1, 0.15) is 35.6 Å². The van der Waals surface area contributed by atoms with Gasteiger partial charge in [-0.15, -0.1) is 0 Å². The molecular weight excluding hydrogens is 635 g/mol. The molecule has 8 heterocycles. The highest BCUT2D eigenvalue weighted by molar-refractivity contribution is 6.33. The molecule has 3 aliphatic heterocycles. The SMILES string of the molecule is C=C1CC23Cc4cccc([n+]42)-c2cc4c5cc6c7ccccc7oc6c6c7ccccc7n(c4cc2C3CCc2ccccc2-c2cccc[n+]21)c56. The normalized spacial score (nSPS) is 19.2. The van der Waals surface area contributed by atoms with E-state index in [-0.39, 0.29) is 5.54 Å². The molecule has 0 fully saturated rings. The summed E-state index contributed by atoms with van der Waals surface area (Å²) in [5.41, 5.74) is 16.3. The number of rotatable bonds is 0. The van der Waals surface area contributed by atoms with E-state index in [4.69, 9.17) is 11.0 Å². The standard InChI is InChI=1S/C48H33N3O/c1-28-26-48-27-30-12-10-18-42(51(30)48)35-23-36-37-24-38-32-14-5-7-19-44(32)52-47(38)45-33-15-4-6-17-41(33)50(46(37)45)43(36)25-34(35)39(48)21-20-29-11-2-3-13-31(29)40-16-8-9-22-49(28)40/h2-19,22-25,39H,1,20-21,26-27H2/q+2. The Balaban J connectivity index is 1.14. The highest BCUT2D eigenvalue weighted by atomic mass is 16.3. The average molecular weight is 668 g/mol. The lowest BCUT2D eigenvalue weighted by Crippen LogP contribution is -2.74. The van der Waals surface area contributed by atoms with Gasteiger partial charge in [-0.25, -0.2) is 0 Å². The van der Waals surface area contributed by atoms with Gasteiger partial charge in [0.25, 0.3) is 0 Å². The fourth-order valence-electron chi connectivity index (χ4n) is 11.0. The van der Waals surface area contributed by atoms with Gasteiger partial charge in [-0.05, 0) is 79.1 Å². The number of aryl methyl sites for hydroxylation is 1. The van der Waals surface area contributed by atoms with Crippen molar-refractivity contribution in [1.29, 1.82) is 0 Å². The summed E-state index contributed by atoms with van der Waals surface area (Å²) in [6.45, 7) is 4.81. The first-order chi connectivity index (χ1) is 25.7. The van der Waals surface area contributed by atoms with Crippen LogP contribution >= 0.6 is 0 Å². The molecule has 2 unspecified atom stereocenters. The van der Waals surface area contributed by atoms with Crippen molar-refractivity contribution in [2.45, 2.75) is 37.1 Å². The molecule has 52 heavy (non-hydrogen) atoms. The number of pyridine rings is 2. The number of aromatic nitrogens is 3. The lowest BCUT2D eigenvalue weighted by Gasteiger charge is -2.46. The summed E-state index contributed by atoms with van der Waals surface area (Å²) in [4.78, 5) is 0. The molecule has 10 aromatic rings. The largest absolute Gasteiger partial charge is 0.455 e. The molecule has 0 radical (unpaired) electrons. The minimum absolute atomic E-state index is 0.0884. The third-order valence-electron chi connectivity index (χ3n) is 13.0. The quantitative estimate of drug-likeness (QED) is 0.148. The Labute approximate surface area is 299 Å². The van der Waals surface area contributed by atoms with E-state index < -0.39 is 0 Å². The molecule has 244 valence electrons. The smallest absolute Gasteiger partial charge is 0.218 e. The number of benzene rings is 5. The summed E-state index contributed by atoms with van der Waals surface area (Å²) in [6, 6.07) is 47.4. The molecule has 0 saturated carbocycles. The van der Waals surface area contributed by atoms with Gasteiger partial charge in [0.2, 0.25) is 11.4 Å². The summed E-state index contributed by atoms with van der Waals surface area (Å²) in [7, 11) is 0. The van der Waals surface area contributed by atoms with Crippen LogP contribution in [0.4, 0.5) is 0 Å². The fraction of sp³-hybridized carbons (Fsp3) is 0.125. The predicted molar refractivity (Wildman–Crippen MR) is 209 cm³/mol. The molecule has 4 heteroatoms. The Morgan fingerprint density at radius 1 is 0.673 bits per heavy atom. The molecule has 0 aliphatic carbocycles. The maximum absolute atomic E-state index is 6.69. The lowest BCUT2D eigenvalue weighted by molar-refractivity contribution is -0.809. The van der Waals surface area contributed by atoms with Crippen LogP contribution in [0.2, 0.25) is 0 Å². The van der Waals surface area contributed by atoms with Crippen molar-refractivity contribution in [2.24, 2.45) is 0 Å². The zero-order valence-corrected chi connectivity index (χ0v) is 28.6. The van der Waals surface area contributed by atoms with Gasteiger partial charge in [0.1, 0.15) is 11.2 Å². The number of hydrogen-bond donors (Lipinski definition) is 0. The van der Waals surface area contributed by atoms with Gasteiger partial charge in [0.05, 0.1) is 46.3 Å². The van der Waals surface area contributed by atoms with Crippen molar-refractivity contribution in [1.82, 2.24) is 4.40 Å². The van der Waals surface area contributed by atoms with E-state index in [2.05, 4.69) is 147 Å². The van der Waals surface area contributed by atoms with Crippen molar-refractivity contribution in [3.05, 3.63) is 157 Å². The monoisotopic (exact) mass is 667 g/mol. The molecule has 0 bridgehead atoms. The van der Waals surface area contributed by atoms with Gasteiger partial charge in [-0.3, -0.25) is 0 Å². The molecule has 2 atom stereocenters. The molecule has 13 rings (SSSR count). The Kier molecular flexibility index (Phi) is 4.93. The first kappa shape index (κ1) is 27.5. The highest BCUT2D eigenvalue weighted by Crippen LogP contribution is 2.55. The van der Waals surface area contributed by atoms with E-state index >= 15 is 0 Å². The van der Waals surface area contributed by atoms with Crippen molar-refractivity contribution in [3.8, 4) is 22.5 Å². The first-order valence-electron chi connectivity index (χ1n) is 18.6. The van der Waals surface area contributed by atoms with Crippen LogP contribution in [-0.4, -0.2) is 4.40 Å². The molecule has 3 aliphatic rings. The molecule has 5 aromatic heterocycles.